The molecule has 0 radical (unpaired) electrons. The van der Waals surface area contributed by atoms with E-state index in [4.69, 9.17) is 0 Å². The Balaban J connectivity index is 2.08. The van der Waals surface area contributed by atoms with Crippen LogP contribution in [0.15, 0.2) is 33.2 Å². The zero-order valence-electron chi connectivity index (χ0n) is 11.6. The van der Waals surface area contributed by atoms with Crippen LogP contribution in [0.25, 0.3) is 0 Å². The van der Waals surface area contributed by atoms with E-state index in [9.17, 15) is 5.11 Å². The van der Waals surface area contributed by atoms with Gasteiger partial charge in [0.2, 0.25) is 0 Å². The SMILES string of the molecule is CCc1nn(C)c(CC(O)Cc2cccc(Br)c2)c1Br. The number of hydrogen-bond acceptors (Lipinski definition) is 2. The number of rotatable bonds is 5. The van der Waals surface area contributed by atoms with Crippen LogP contribution in [0, 0.1) is 0 Å². The normalized spacial score (nSPS) is 12.7. The Bertz CT molecular complexity index is 596. The summed E-state index contributed by atoms with van der Waals surface area (Å²) in [5.74, 6) is 0. The highest BCUT2D eigenvalue weighted by atomic mass is 79.9. The number of nitrogens with zero attached hydrogens (tertiary/aromatic N) is 2. The molecule has 0 aliphatic heterocycles. The van der Waals surface area contributed by atoms with Crippen molar-refractivity contribution in [3.63, 3.8) is 0 Å². The number of benzene rings is 1. The quantitative estimate of drug-likeness (QED) is 0.830. The zero-order valence-corrected chi connectivity index (χ0v) is 14.8. The number of aliphatic hydroxyl groups excluding tert-OH is 1. The summed E-state index contributed by atoms with van der Waals surface area (Å²) in [7, 11) is 1.92. The predicted molar refractivity (Wildman–Crippen MR) is 87.8 cm³/mol. The maximum Gasteiger partial charge on any atom is 0.0766 e. The topological polar surface area (TPSA) is 38.0 Å². The predicted octanol–water partition coefficient (Wildman–Crippen LogP) is 3.65. The van der Waals surface area contributed by atoms with Crippen molar-refractivity contribution < 1.29 is 5.11 Å². The minimum Gasteiger partial charge on any atom is -0.392 e. The molecule has 1 aromatic heterocycles. The van der Waals surface area contributed by atoms with E-state index in [1.807, 2.05) is 36.0 Å². The maximum absolute atomic E-state index is 10.3. The minimum atomic E-state index is -0.416. The van der Waals surface area contributed by atoms with Gasteiger partial charge in [-0.2, -0.15) is 5.10 Å². The lowest BCUT2D eigenvalue weighted by atomic mass is 10.0. The fourth-order valence-electron chi connectivity index (χ4n) is 2.27. The van der Waals surface area contributed by atoms with Gasteiger partial charge in [-0.05, 0) is 46.5 Å². The van der Waals surface area contributed by atoms with Crippen LogP contribution < -0.4 is 0 Å². The van der Waals surface area contributed by atoms with Crippen molar-refractivity contribution in [2.75, 3.05) is 0 Å². The van der Waals surface area contributed by atoms with Gasteiger partial charge in [-0.15, -0.1) is 0 Å². The molecule has 1 heterocycles. The molecule has 2 rings (SSSR count). The van der Waals surface area contributed by atoms with Gasteiger partial charge in [-0.3, -0.25) is 4.68 Å². The van der Waals surface area contributed by atoms with Crippen LogP contribution in [-0.4, -0.2) is 21.0 Å². The van der Waals surface area contributed by atoms with E-state index in [1.165, 1.54) is 0 Å². The van der Waals surface area contributed by atoms with E-state index < -0.39 is 6.10 Å². The molecule has 1 atom stereocenters. The third-order valence-electron chi connectivity index (χ3n) is 3.29. The summed E-state index contributed by atoms with van der Waals surface area (Å²) in [6, 6.07) is 8.05. The summed E-state index contributed by atoms with van der Waals surface area (Å²) in [6.07, 6.45) is 1.70. The first kappa shape index (κ1) is 15.7. The van der Waals surface area contributed by atoms with Gasteiger partial charge in [0.1, 0.15) is 0 Å². The Morgan fingerprint density at radius 1 is 1.30 bits per heavy atom. The Labute approximate surface area is 136 Å². The number of halogens is 2. The molecule has 1 unspecified atom stereocenters. The van der Waals surface area contributed by atoms with Crippen molar-refractivity contribution in [2.24, 2.45) is 7.05 Å². The van der Waals surface area contributed by atoms with Gasteiger partial charge >= 0.3 is 0 Å². The number of aromatic nitrogens is 2. The van der Waals surface area contributed by atoms with E-state index in [0.717, 1.165) is 32.3 Å². The molecule has 1 N–H and O–H groups in total. The molecule has 0 saturated heterocycles. The summed E-state index contributed by atoms with van der Waals surface area (Å²) in [4.78, 5) is 0. The zero-order chi connectivity index (χ0) is 14.7. The molecule has 0 bridgehead atoms. The van der Waals surface area contributed by atoms with Crippen molar-refractivity contribution in [1.82, 2.24) is 9.78 Å². The molecule has 0 amide bonds. The van der Waals surface area contributed by atoms with Gasteiger partial charge in [-0.25, -0.2) is 0 Å². The summed E-state index contributed by atoms with van der Waals surface area (Å²) in [5.41, 5.74) is 3.21. The smallest absolute Gasteiger partial charge is 0.0766 e. The van der Waals surface area contributed by atoms with Gasteiger partial charge < -0.3 is 5.11 Å². The number of aryl methyl sites for hydroxylation is 2. The summed E-state index contributed by atoms with van der Waals surface area (Å²) in [5, 5.41) is 14.8. The second kappa shape index (κ2) is 6.87. The lowest BCUT2D eigenvalue weighted by molar-refractivity contribution is 0.172. The first-order valence-electron chi connectivity index (χ1n) is 6.64. The molecule has 0 aliphatic rings. The van der Waals surface area contributed by atoms with Gasteiger partial charge in [0.05, 0.1) is 22.0 Å². The van der Waals surface area contributed by atoms with E-state index in [1.54, 1.807) is 0 Å². The highest BCUT2D eigenvalue weighted by Gasteiger charge is 2.16. The first-order chi connectivity index (χ1) is 9.51. The average Bonchev–Trinajstić information content (AvgIpc) is 2.66. The van der Waals surface area contributed by atoms with Crippen LogP contribution in [0.2, 0.25) is 0 Å². The van der Waals surface area contributed by atoms with E-state index in [-0.39, 0.29) is 0 Å². The summed E-state index contributed by atoms with van der Waals surface area (Å²) in [6.45, 7) is 2.08. The Kier molecular flexibility index (Phi) is 5.41. The lowest BCUT2D eigenvalue weighted by Crippen LogP contribution is -2.16. The summed E-state index contributed by atoms with van der Waals surface area (Å²) >= 11 is 7.04. The van der Waals surface area contributed by atoms with Crippen LogP contribution in [0.4, 0.5) is 0 Å². The highest BCUT2D eigenvalue weighted by Crippen LogP contribution is 2.23. The molecular formula is C15H18Br2N2O. The highest BCUT2D eigenvalue weighted by molar-refractivity contribution is 9.10. The van der Waals surface area contributed by atoms with Crippen molar-refractivity contribution in [3.8, 4) is 0 Å². The molecule has 0 spiro atoms. The molecule has 20 heavy (non-hydrogen) atoms. The standard InChI is InChI=1S/C15H18Br2N2O/c1-3-13-15(17)14(19(2)18-13)9-12(20)8-10-5-4-6-11(16)7-10/h4-7,12,20H,3,8-9H2,1-2H3. The third kappa shape index (κ3) is 3.71. The van der Waals surface area contributed by atoms with Gasteiger partial charge in [0, 0.05) is 17.9 Å². The number of aliphatic hydroxyl groups is 1. The van der Waals surface area contributed by atoms with Gasteiger partial charge in [0.25, 0.3) is 0 Å². The molecule has 0 saturated carbocycles. The van der Waals surface area contributed by atoms with Gasteiger partial charge in [0.15, 0.2) is 0 Å². The van der Waals surface area contributed by atoms with Crippen molar-refractivity contribution >= 4 is 31.9 Å². The Morgan fingerprint density at radius 2 is 2.05 bits per heavy atom. The van der Waals surface area contributed by atoms with Crippen LogP contribution >= 0.6 is 31.9 Å². The largest absolute Gasteiger partial charge is 0.392 e. The van der Waals surface area contributed by atoms with Gasteiger partial charge in [-0.1, -0.05) is 35.0 Å². The Morgan fingerprint density at radius 3 is 2.65 bits per heavy atom. The second-order valence-electron chi connectivity index (χ2n) is 4.88. The van der Waals surface area contributed by atoms with E-state index in [0.29, 0.717) is 12.8 Å². The fourth-order valence-corrected chi connectivity index (χ4v) is 3.50. The molecule has 1 aromatic carbocycles. The van der Waals surface area contributed by atoms with Crippen LogP contribution in [0.3, 0.4) is 0 Å². The van der Waals surface area contributed by atoms with Crippen LogP contribution in [-0.2, 0) is 26.3 Å². The van der Waals surface area contributed by atoms with Crippen molar-refractivity contribution in [1.29, 1.82) is 0 Å². The molecule has 3 nitrogen and oxygen atoms in total. The van der Waals surface area contributed by atoms with E-state index in [2.05, 4.69) is 43.9 Å². The molecular weight excluding hydrogens is 384 g/mol. The van der Waals surface area contributed by atoms with Crippen LogP contribution in [0.5, 0.6) is 0 Å². The number of hydrogen-bond donors (Lipinski definition) is 1. The molecule has 2 aromatic rings. The van der Waals surface area contributed by atoms with E-state index >= 15 is 0 Å². The maximum atomic E-state index is 10.3. The lowest BCUT2D eigenvalue weighted by Gasteiger charge is -2.11. The first-order valence-corrected chi connectivity index (χ1v) is 8.22. The summed E-state index contributed by atoms with van der Waals surface area (Å²) < 4.78 is 3.92. The van der Waals surface area contributed by atoms with Crippen LogP contribution in [0.1, 0.15) is 23.9 Å². The molecule has 0 aliphatic carbocycles. The average molecular weight is 402 g/mol. The monoisotopic (exact) mass is 400 g/mol. The van der Waals surface area contributed by atoms with Crippen molar-refractivity contribution in [3.05, 3.63) is 50.2 Å². The molecule has 5 heteroatoms. The third-order valence-corrected chi connectivity index (χ3v) is 4.70. The Hall–Kier alpha value is -0.650. The molecule has 0 fully saturated rings. The minimum absolute atomic E-state index is 0.416. The second-order valence-corrected chi connectivity index (χ2v) is 6.59. The molecule has 108 valence electrons. The fraction of sp³-hybridized carbons (Fsp3) is 0.400. The van der Waals surface area contributed by atoms with Crippen molar-refractivity contribution in [2.45, 2.75) is 32.3 Å².